The number of rotatable bonds is 4. The molecule has 0 unspecified atom stereocenters. The Kier molecular flexibility index (Phi) is 4.22. The average Bonchev–Trinajstić information content (AvgIpc) is 2.39. The highest BCUT2D eigenvalue weighted by Crippen LogP contribution is 2.19. The molecule has 0 amide bonds. The van der Waals surface area contributed by atoms with E-state index in [1.165, 1.54) is 6.07 Å². The van der Waals surface area contributed by atoms with Gasteiger partial charge in [-0.15, -0.1) is 0 Å². The fourth-order valence-corrected chi connectivity index (χ4v) is 1.84. The summed E-state index contributed by atoms with van der Waals surface area (Å²) >= 11 is 0. The van der Waals surface area contributed by atoms with Crippen LogP contribution in [0.2, 0.25) is 0 Å². The van der Waals surface area contributed by atoms with Crippen molar-refractivity contribution in [3.05, 3.63) is 47.0 Å². The van der Waals surface area contributed by atoms with Gasteiger partial charge in [-0.3, -0.25) is 0 Å². The second-order valence-corrected chi connectivity index (χ2v) is 4.57. The van der Waals surface area contributed by atoms with E-state index < -0.39 is 0 Å². The molecule has 1 heterocycles. The monoisotopic (exact) mass is 259 g/mol. The van der Waals surface area contributed by atoms with Gasteiger partial charge in [-0.25, -0.2) is 14.4 Å². The van der Waals surface area contributed by atoms with Crippen LogP contribution in [0.5, 0.6) is 0 Å². The van der Waals surface area contributed by atoms with Crippen molar-refractivity contribution in [1.29, 1.82) is 0 Å². The zero-order valence-electron chi connectivity index (χ0n) is 11.5. The molecule has 1 N–H and O–H groups in total. The number of benzene rings is 1. The lowest BCUT2D eigenvalue weighted by atomic mass is 10.1. The number of halogens is 1. The zero-order chi connectivity index (χ0) is 13.8. The Labute approximate surface area is 112 Å². The third kappa shape index (κ3) is 3.35. The lowest BCUT2D eigenvalue weighted by Gasteiger charge is -2.07. The third-order valence-corrected chi connectivity index (χ3v) is 2.89. The number of hydrogen-bond donors (Lipinski definition) is 1. The summed E-state index contributed by atoms with van der Waals surface area (Å²) in [5.74, 6) is 0.350. The van der Waals surface area contributed by atoms with Crippen molar-refractivity contribution in [3.8, 4) is 11.4 Å². The van der Waals surface area contributed by atoms with Gasteiger partial charge < -0.3 is 5.32 Å². The van der Waals surface area contributed by atoms with Crippen molar-refractivity contribution >= 4 is 0 Å². The van der Waals surface area contributed by atoms with Crippen LogP contribution in [0.25, 0.3) is 11.4 Å². The molecular formula is C15H18FN3. The molecule has 4 heteroatoms. The van der Waals surface area contributed by atoms with Gasteiger partial charge >= 0.3 is 0 Å². The average molecular weight is 259 g/mol. The fraction of sp³-hybridized carbons (Fsp3) is 0.333. The standard InChI is InChI=1S/C15H18FN3/c1-4-17-9-13-7-11(3)18-15(19-13)12-6-5-10(2)14(16)8-12/h5-8,17H,4,9H2,1-3H3. The molecule has 19 heavy (non-hydrogen) atoms. The summed E-state index contributed by atoms with van der Waals surface area (Å²) in [6.07, 6.45) is 0. The number of nitrogens with zero attached hydrogens (tertiary/aromatic N) is 2. The van der Waals surface area contributed by atoms with Gasteiger partial charge in [0.15, 0.2) is 5.82 Å². The Balaban J connectivity index is 2.37. The van der Waals surface area contributed by atoms with Gasteiger partial charge in [0.1, 0.15) is 5.82 Å². The molecule has 0 bridgehead atoms. The Morgan fingerprint density at radius 3 is 2.63 bits per heavy atom. The highest BCUT2D eigenvalue weighted by molar-refractivity contribution is 5.56. The Morgan fingerprint density at radius 1 is 1.16 bits per heavy atom. The number of aryl methyl sites for hydroxylation is 2. The molecule has 2 aromatic rings. The first-order valence-electron chi connectivity index (χ1n) is 6.42. The molecule has 0 aliphatic rings. The molecule has 1 aromatic heterocycles. The Bertz CT molecular complexity index is 582. The van der Waals surface area contributed by atoms with E-state index in [9.17, 15) is 4.39 Å². The van der Waals surface area contributed by atoms with E-state index in [0.29, 0.717) is 23.5 Å². The second kappa shape index (κ2) is 5.89. The summed E-state index contributed by atoms with van der Waals surface area (Å²) in [4.78, 5) is 8.85. The molecule has 0 saturated carbocycles. The number of nitrogens with one attached hydrogen (secondary N) is 1. The first kappa shape index (κ1) is 13.6. The zero-order valence-corrected chi connectivity index (χ0v) is 11.5. The van der Waals surface area contributed by atoms with Gasteiger partial charge in [0.25, 0.3) is 0 Å². The van der Waals surface area contributed by atoms with Crippen molar-refractivity contribution in [2.24, 2.45) is 0 Å². The van der Waals surface area contributed by atoms with E-state index in [0.717, 1.165) is 17.9 Å². The minimum Gasteiger partial charge on any atom is -0.311 e. The second-order valence-electron chi connectivity index (χ2n) is 4.57. The van der Waals surface area contributed by atoms with Gasteiger partial charge in [0.05, 0.1) is 5.69 Å². The van der Waals surface area contributed by atoms with E-state index in [2.05, 4.69) is 15.3 Å². The number of hydrogen-bond acceptors (Lipinski definition) is 3. The van der Waals surface area contributed by atoms with E-state index in [1.807, 2.05) is 26.0 Å². The van der Waals surface area contributed by atoms with Crippen LogP contribution in [0.15, 0.2) is 24.3 Å². The van der Waals surface area contributed by atoms with E-state index in [1.54, 1.807) is 13.0 Å². The maximum absolute atomic E-state index is 13.6. The Hall–Kier alpha value is -1.81. The lowest BCUT2D eigenvalue weighted by molar-refractivity contribution is 0.619. The molecule has 0 atom stereocenters. The van der Waals surface area contributed by atoms with Gasteiger partial charge in [0.2, 0.25) is 0 Å². The van der Waals surface area contributed by atoms with Gasteiger partial charge in [-0.1, -0.05) is 19.1 Å². The minimum atomic E-state index is -0.226. The van der Waals surface area contributed by atoms with Crippen LogP contribution in [-0.4, -0.2) is 16.5 Å². The molecule has 0 fully saturated rings. The largest absolute Gasteiger partial charge is 0.311 e. The van der Waals surface area contributed by atoms with Crippen LogP contribution in [0.3, 0.4) is 0 Å². The molecule has 0 aliphatic carbocycles. The molecule has 2 rings (SSSR count). The normalized spacial score (nSPS) is 10.7. The summed E-state index contributed by atoms with van der Waals surface area (Å²) < 4.78 is 13.6. The van der Waals surface area contributed by atoms with Crippen LogP contribution in [0.1, 0.15) is 23.9 Å². The van der Waals surface area contributed by atoms with Crippen molar-refractivity contribution < 1.29 is 4.39 Å². The summed E-state index contributed by atoms with van der Waals surface area (Å²) in [5, 5.41) is 3.23. The van der Waals surface area contributed by atoms with Crippen LogP contribution in [0, 0.1) is 19.7 Å². The topological polar surface area (TPSA) is 37.8 Å². The fourth-order valence-electron chi connectivity index (χ4n) is 1.84. The van der Waals surface area contributed by atoms with Crippen molar-refractivity contribution in [1.82, 2.24) is 15.3 Å². The molecular weight excluding hydrogens is 241 g/mol. The maximum atomic E-state index is 13.6. The minimum absolute atomic E-state index is 0.226. The van der Waals surface area contributed by atoms with Crippen LogP contribution in [-0.2, 0) is 6.54 Å². The third-order valence-electron chi connectivity index (χ3n) is 2.89. The predicted molar refractivity (Wildman–Crippen MR) is 74.3 cm³/mol. The van der Waals surface area contributed by atoms with E-state index >= 15 is 0 Å². The van der Waals surface area contributed by atoms with Crippen molar-refractivity contribution in [3.63, 3.8) is 0 Å². The molecule has 3 nitrogen and oxygen atoms in total. The Morgan fingerprint density at radius 2 is 1.95 bits per heavy atom. The van der Waals surface area contributed by atoms with Crippen LogP contribution >= 0.6 is 0 Å². The van der Waals surface area contributed by atoms with Crippen LogP contribution < -0.4 is 5.32 Å². The molecule has 100 valence electrons. The highest BCUT2D eigenvalue weighted by Gasteiger charge is 2.07. The van der Waals surface area contributed by atoms with Crippen molar-refractivity contribution in [2.75, 3.05) is 6.54 Å². The lowest BCUT2D eigenvalue weighted by Crippen LogP contribution is -2.13. The summed E-state index contributed by atoms with van der Waals surface area (Å²) in [5.41, 5.74) is 3.15. The summed E-state index contributed by atoms with van der Waals surface area (Å²) in [6, 6.07) is 7.03. The number of aromatic nitrogens is 2. The van der Waals surface area contributed by atoms with E-state index in [-0.39, 0.29) is 5.82 Å². The quantitative estimate of drug-likeness (QED) is 0.917. The summed E-state index contributed by atoms with van der Waals surface area (Å²) in [6.45, 7) is 7.29. The summed E-state index contributed by atoms with van der Waals surface area (Å²) in [7, 11) is 0. The van der Waals surface area contributed by atoms with Gasteiger partial charge in [0, 0.05) is 17.8 Å². The van der Waals surface area contributed by atoms with Gasteiger partial charge in [-0.05, 0) is 38.1 Å². The first-order valence-corrected chi connectivity index (χ1v) is 6.42. The highest BCUT2D eigenvalue weighted by atomic mass is 19.1. The predicted octanol–water partition coefficient (Wildman–Crippen LogP) is 3.01. The molecule has 0 radical (unpaired) electrons. The van der Waals surface area contributed by atoms with Crippen molar-refractivity contribution in [2.45, 2.75) is 27.3 Å². The molecule has 1 aromatic carbocycles. The van der Waals surface area contributed by atoms with E-state index in [4.69, 9.17) is 0 Å². The maximum Gasteiger partial charge on any atom is 0.159 e. The van der Waals surface area contributed by atoms with Gasteiger partial charge in [-0.2, -0.15) is 0 Å². The van der Waals surface area contributed by atoms with Crippen LogP contribution in [0.4, 0.5) is 4.39 Å². The molecule has 0 spiro atoms. The molecule has 0 saturated heterocycles. The smallest absolute Gasteiger partial charge is 0.159 e. The molecule has 0 aliphatic heterocycles. The first-order chi connectivity index (χ1) is 9.10. The SMILES string of the molecule is CCNCc1cc(C)nc(-c2ccc(C)c(F)c2)n1.